The number of amides is 2. The Hall–Kier alpha value is -3.10. The van der Waals surface area contributed by atoms with E-state index in [0.29, 0.717) is 32.1 Å². The first-order chi connectivity index (χ1) is 23.5. The molecule has 3 N–H and O–H groups in total. The van der Waals surface area contributed by atoms with Gasteiger partial charge >= 0.3 is 0 Å². The Morgan fingerprint density at radius 2 is 1.35 bits per heavy atom. The first kappa shape index (κ1) is 36.2. The van der Waals surface area contributed by atoms with Crippen molar-refractivity contribution in [2.45, 2.75) is 121 Å². The Morgan fingerprint density at radius 1 is 0.708 bits per heavy atom. The van der Waals surface area contributed by atoms with Gasteiger partial charge in [0.15, 0.2) is 5.78 Å². The van der Waals surface area contributed by atoms with Gasteiger partial charge in [-0.2, -0.15) is 0 Å². The third-order valence-electron chi connectivity index (χ3n) is 11.0. The molecule has 4 aliphatic rings. The average Bonchev–Trinajstić information content (AvgIpc) is 3.65. The molecule has 3 fully saturated rings. The van der Waals surface area contributed by atoms with E-state index in [0.717, 1.165) is 68.9 Å². The zero-order valence-electron chi connectivity index (χ0n) is 28.8. The SMILES string of the molecule is O=C(CCOCCNC(=O)C1CCC(C(=O)C2CCCCCCCC2)CC1)NCCCCC1NC2c3cccccccc(c3)C2C1=O. The second-order valence-corrected chi connectivity index (χ2v) is 14.4. The van der Waals surface area contributed by atoms with Crippen LogP contribution in [-0.2, 0) is 23.9 Å². The molecule has 3 aliphatic carbocycles. The van der Waals surface area contributed by atoms with Crippen molar-refractivity contribution in [3.05, 3.63) is 59.7 Å². The van der Waals surface area contributed by atoms with Crippen LogP contribution in [0.1, 0.15) is 126 Å². The standard InChI is InChI=1S/C40H57N3O5/c44-35(41-24-13-12-18-34-39(46)36-32-16-10-6-3-7-11-17-33(28-32)37(36)43-34)23-26-48-27-25-42-40(47)31-21-19-30(20-22-31)38(45)29-14-8-4-1-2-5-9-15-29/h3,6-7,10-11,16-17,28-31,34,36-37,43H,1-2,4-5,8-9,12-15,18-27H2,(H,41,44)(H,42,47). The zero-order valence-corrected chi connectivity index (χ0v) is 28.8. The molecule has 2 amide bonds. The van der Waals surface area contributed by atoms with Gasteiger partial charge < -0.3 is 15.4 Å². The predicted octanol–water partition coefficient (Wildman–Crippen LogP) is 6.43. The number of ketones is 2. The van der Waals surface area contributed by atoms with Crippen molar-refractivity contribution in [1.82, 2.24) is 16.0 Å². The fraction of sp³-hybridized carbons (Fsp3) is 0.650. The van der Waals surface area contributed by atoms with Crippen molar-refractivity contribution in [2.75, 3.05) is 26.3 Å². The molecule has 1 aromatic carbocycles. The topological polar surface area (TPSA) is 114 Å². The average molecular weight is 660 g/mol. The number of hydrogen-bond acceptors (Lipinski definition) is 6. The molecule has 1 aliphatic heterocycles. The van der Waals surface area contributed by atoms with Crippen molar-refractivity contribution >= 4 is 23.4 Å². The minimum Gasteiger partial charge on any atom is -0.379 e. The fourth-order valence-corrected chi connectivity index (χ4v) is 8.19. The van der Waals surface area contributed by atoms with Gasteiger partial charge in [-0.25, -0.2) is 0 Å². The molecule has 8 nitrogen and oxygen atoms in total. The van der Waals surface area contributed by atoms with Crippen molar-refractivity contribution in [1.29, 1.82) is 0 Å². The fourth-order valence-electron chi connectivity index (χ4n) is 8.19. The monoisotopic (exact) mass is 659 g/mol. The summed E-state index contributed by atoms with van der Waals surface area (Å²) < 4.78 is 5.60. The van der Waals surface area contributed by atoms with Crippen molar-refractivity contribution in [3.63, 3.8) is 0 Å². The van der Waals surface area contributed by atoms with E-state index in [9.17, 15) is 19.2 Å². The maximum absolute atomic E-state index is 13.2. The second-order valence-electron chi connectivity index (χ2n) is 14.4. The van der Waals surface area contributed by atoms with Gasteiger partial charge in [0, 0.05) is 43.3 Å². The normalized spacial score (nSPS) is 25.6. The van der Waals surface area contributed by atoms with Crippen LogP contribution in [0.25, 0.3) is 0 Å². The van der Waals surface area contributed by atoms with Crippen LogP contribution in [0.15, 0.2) is 48.5 Å². The molecule has 1 aromatic rings. The lowest BCUT2D eigenvalue weighted by Crippen LogP contribution is -2.37. The Bertz CT molecular complexity index is 1280. The van der Waals surface area contributed by atoms with Crippen molar-refractivity contribution < 1.29 is 23.9 Å². The number of hydrogen-bond donors (Lipinski definition) is 3. The molecule has 3 unspecified atom stereocenters. The number of Topliss-reactive ketones (excluding diaryl/α,β-unsaturated/α-hetero) is 2. The van der Waals surface area contributed by atoms with Gasteiger partial charge in [0.2, 0.25) is 11.8 Å². The molecule has 2 bridgehead atoms. The molecule has 3 atom stereocenters. The minimum atomic E-state index is -0.155. The van der Waals surface area contributed by atoms with E-state index in [1.165, 1.54) is 38.5 Å². The molecule has 2 saturated carbocycles. The van der Waals surface area contributed by atoms with Crippen LogP contribution in [0.5, 0.6) is 0 Å². The van der Waals surface area contributed by atoms with E-state index in [1.54, 1.807) is 0 Å². The van der Waals surface area contributed by atoms with E-state index < -0.39 is 0 Å². The quantitative estimate of drug-likeness (QED) is 0.199. The highest BCUT2D eigenvalue weighted by molar-refractivity contribution is 5.94. The van der Waals surface area contributed by atoms with Crippen LogP contribution in [0, 0.1) is 17.8 Å². The van der Waals surface area contributed by atoms with Crippen molar-refractivity contribution in [2.24, 2.45) is 17.8 Å². The molecule has 0 spiro atoms. The molecule has 1 heterocycles. The number of unbranched alkanes of at least 4 members (excludes halogenated alkanes) is 1. The van der Waals surface area contributed by atoms with E-state index in [-0.39, 0.29) is 59.8 Å². The summed E-state index contributed by atoms with van der Waals surface area (Å²) in [6.45, 7) is 1.68. The lowest BCUT2D eigenvalue weighted by molar-refractivity contribution is -0.132. The second kappa shape index (κ2) is 19.2. The molecule has 0 radical (unpaired) electrons. The van der Waals surface area contributed by atoms with Crippen LogP contribution in [-0.4, -0.2) is 55.7 Å². The largest absolute Gasteiger partial charge is 0.379 e. The summed E-state index contributed by atoms with van der Waals surface area (Å²) in [5, 5.41) is 9.50. The number of ether oxygens (including phenoxy) is 1. The highest BCUT2D eigenvalue weighted by Gasteiger charge is 2.45. The van der Waals surface area contributed by atoms with Crippen LogP contribution >= 0.6 is 0 Å². The van der Waals surface area contributed by atoms with Gasteiger partial charge in [0.25, 0.3) is 0 Å². The lowest BCUT2D eigenvalue weighted by atomic mass is 9.75. The van der Waals surface area contributed by atoms with Gasteiger partial charge in [-0.05, 0) is 68.9 Å². The van der Waals surface area contributed by atoms with Crippen molar-refractivity contribution in [3.8, 4) is 0 Å². The summed E-state index contributed by atoms with van der Waals surface area (Å²) in [6.07, 6.45) is 15.5. The highest BCUT2D eigenvalue weighted by Crippen LogP contribution is 2.43. The van der Waals surface area contributed by atoms with Crippen LogP contribution in [0.4, 0.5) is 0 Å². The third-order valence-corrected chi connectivity index (χ3v) is 11.0. The van der Waals surface area contributed by atoms with Crippen LogP contribution < -0.4 is 16.0 Å². The molecule has 262 valence electrons. The molecule has 0 aromatic heterocycles. The first-order valence-corrected chi connectivity index (χ1v) is 18.9. The Morgan fingerprint density at radius 3 is 2.10 bits per heavy atom. The maximum Gasteiger partial charge on any atom is 0.223 e. The van der Waals surface area contributed by atoms with E-state index in [2.05, 4.69) is 28.1 Å². The number of nitrogens with one attached hydrogen (secondary N) is 3. The van der Waals surface area contributed by atoms with Gasteiger partial charge in [0.05, 0.1) is 25.2 Å². The highest BCUT2D eigenvalue weighted by atomic mass is 16.5. The summed E-state index contributed by atoms with van der Waals surface area (Å²) in [4.78, 5) is 51.4. The molecule has 48 heavy (non-hydrogen) atoms. The number of carbonyl (C=O) groups excluding carboxylic acids is 4. The number of rotatable bonds is 14. The zero-order chi connectivity index (χ0) is 33.6. The molecular formula is C40H57N3O5. The smallest absolute Gasteiger partial charge is 0.223 e. The summed E-state index contributed by atoms with van der Waals surface area (Å²) in [6, 6.07) is 16.1. The molecule has 1 saturated heterocycles. The lowest BCUT2D eigenvalue weighted by Gasteiger charge is -2.29. The first-order valence-electron chi connectivity index (χ1n) is 18.9. The molecule has 5 rings (SSSR count). The summed E-state index contributed by atoms with van der Waals surface area (Å²) in [5.41, 5.74) is 2.23. The van der Waals surface area contributed by atoms with Gasteiger partial charge in [-0.15, -0.1) is 0 Å². The van der Waals surface area contributed by atoms with Crippen LogP contribution in [0.2, 0.25) is 0 Å². The summed E-state index contributed by atoms with van der Waals surface area (Å²) in [7, 11) is 0. The number of fused-ring (bicyclic) bond motifs is 5. The van der Waals surface area contributed by atoms with Gasteiger partial charge in [-0.1, -0.05) is 87.1 Å². The van der Waals surface area contributed by atoms with E-state index in [4.69, 9.17) is 4.74 Å². The minimum absolute atomic E-state index is 0.0207. The van der Waals surface area contributed by atoms with Gasteiger partial charge in [0.1, 0.15) is 5.78 Å². The van der Waals surface area contributed by atoms with Gasteiger partial charge in [-0.3, -0.25) is 24.5 Å². The number of carbonyl (C=O) groups is 4. The molecule has 8 heteroatoms. The van der Waals surface area contributed by atoms with E-state index >= 15 is 0 Å². The predicted molar refractivity (Wildman–Crippen MR) is 188 cm³/mol. The molecular weight excluding hydrogens is 602 g/mol. The third kappa shape index (κ3) is 10.4. The Balaban J connectivity index is 0.873. The Labute approximate surface area is 287 Å². The summed E-state index contributed by atoms with van der Waals surface area (Å²) in [5.74, 6) is 0.970. The van der Waals surface area contributed by atoms with Crippen LogP contribution in [0.3, 0.4) is 0 Å². The Kier molecular flexibility index (Phi) is 14.5. The maximum atomic E-state index is 13.2. The summed E-state index contributed by atoms with van der Waals surface area (Å²) >= 11 is 0. The van der Waals surface area contributed by atoms with E-state index in [1.807, 2.05) is 36.4 Å².